The number of hydrogen-bond donors (Lipinski definition) is 1. The number of nitrogen functional groups attached to an aromatic ring is 1. The van der Waals surface area contributed by atoms with Gasteiger partial charge in [-0.2, -0.15) is 19.9 Å². The summed E-state index contributed by atoms with van der Waals surface area (Å²) in [5, 5.41) is 3.89. The van der Waals surface area contributed by atoms with E-state index in [1.54, 1.807) is 24.1 Å². The fraction of sp³-hybridized carbons (Fsp3) is 0.118. The first kappa shape index (κ1) is 16.5. The maximum absolute atomic E-state index is 5.85. The Hall–Kier alpha value is -3.95. The van der Waals surface area contributed by atoms with Gasteiger partial charge in [0.15, 0.2) is 5.76 Å². The molecule has 10 nitrogen and oxygen atoms in total. The molecule has 0 saturated heterocycles. The third-order valence-electron chi connectivity index (χ3n) is 3.76. The third-order valence-corrected chi connectivity index (χ3v) is 3.76. The summed E-state index contributed by atoms with van der Waals surface area (Å²) < 4.78 is 15.6. The highest BCUT2D eigenvalue weighted by Gasteiger charge is 2.18. The van der Waals surface area contributed by atoms with Crippen molar-refractivity contribution < 1.29 is 13.7 Å². The highest BCUT2D eigenvalue weighted by Crippen LogP contribution is 2.25. The molecule has 3 heterocycles. The minimum atomic E-state index is 0.0414. The first-order valence-corrected chi connectivity index (χ1v) is 7.91. The minimum Gasteiger partial charge on any atom is -0.497 e. The predicted octanol–water partition coefficient (Wildman–Crippen LogP) is 2.54. The second-order valence-electron chi connectivity index (χ2n) is 5.47. The van der Waals surface area contributed by atoms with E-state index in [2.05, 4.69) is 25.1 Å². The molecule has 3 aromatic heterocycles. The molecule has 136 valence electrons. The van der Waals surface area contributed by atoms with Crippen LogP contribution in [0.25, 0.3) is 23.3 Å². The van der Waals surface area contributed by atoms with Crippen molar-refractivity contribution in [2.75, 3.05) is 24.8 Å². The van der Waals surface area contributed by atoms with Crippen LogP contribution in [0.2, 0.25) is 0 Å². The van der Waals surface area contributed by atoms with E-state index in [0.29, 0.717) is 11.7 Å². The summed E-state index contributed by atoms with van der Waals surface area (Å²) in [6, 6.07) is 10.9. The molecule has 10 heteroatoms. The fourth-order valence-corrected chi connectivity index (χ4v) is 2.37. The van der Waals surface area contributed by atoms with Gasteiger partial charge >= 0.3 is 0 Å². The number of furan rings is 1. The predicted molar refractivity (Wildman–Crippen MR) is 96.3 cm³/mol. The molecule has 2 N–H and O–H groups in total. The summed E-state index contributed by atoms with van der Waals surface area (Å²) >= 11 is 0. The molecule has 0 amide bonds. The van der Waals surface area contributed by atoms with Gasteiger partial charge in [0, 0.05) is 12.7 Å². The Balaban J connectivity index is 1.67. The zero-order chi connectivity index (χ0) is 18.8. The Morgan fingerprint density at radius 2 is 1.81 bits per heavy atom. The van der Waals surface area contributed by atoms with E-state index in [0.717, 1.165) is 11.4 Å². The number of hydrogen-bond acceptors (Lipinski definition) is 10. The lowest BCUT2D eigenvalue weighted by atomic mass is 10.3. The van der Waals surface area contributed by atoms with Crippen LogP contribution in [0.4, 0.5) is 17.6 Å². The summed E-state index contributed by atoms with van der Waals surface area (Å²) in [6.45, 7) is 0. The van der Waals surface area contributed by atoms with E-state index in [9.17, 15) is 0 Å². The van der Waals surface area contributed by atoms with Gasteiger partial charge in [-0.15, -0.1) is 0 Å². The molecule has 0 aliphatic rings. The topological polar surface area (TPSA) is 129 Å². The average molecular weight is 365 g/mol. The van der Waals surface area contributed by atoms with Crippen LogP contribution in [0.3, 0.4) is 0 Å². The quantitative estimate of drug-likeness (QED) is 0.563. The van der Waals surface area contributed by atoms with Crippen molar-refractivity contribution in [3.05, 3.63) is 42.7 Å². The van der Waals surface area contributed by atoms with Crippen LogP contribution < -0.4 is 15.4 Å². The van der Waals surface area contributed by atoms with Crippen molar-refractivity contribution >= 4 is 17.6 Å². The SMILES string of the molecule is COc1ccc(N(C)c2nc(N)nc(-c3noc(-c4ccco4)n3)n2)cc1. The van der Waals surface area contributed by atoms with Crippen molar-refractivity contribution in [1.82, 2.24) is 25.1 Å². The molecule has 0 radical (unpaired) electrons. The second-order valence-corrected chi connectivity index (χ2v) is 5.47. The summed E-state index contributed by atoms with van der Waals surface area (Å²) in [7, 11) is 3.42. The van der Waals surface area contributed by atoms with Crippen molar-refractivity contribution in [2.45, 2.75) is 0 Å². The van der Waals surface area contributed by atoms with E-state index in [4.69, 9.17) is 19.4 Å². The lowest BCUT2D eigenvalue weighted by Crippen LogP contribution is -2.15. The van der Waals surface area contributed by atoms with Crippen molar-refractivity contribution in [2.24, 2.45) is 0 Å². The van der Waals surface area contributed by atoms with Crippen LogP contribution in [0, 0.1) is 0 Å². The van der Waals surface area contributed by atoms with Crippen LogP contribution in [0.1, 0.15) is 0 Å². The Morgan fingerprint density at radius 3 is 2.52 bits per heavy atom. The molecule has 1 aromatic carbocycles. The summed E-state index contributed by atoms with van der Waals surface area (Å²) in [5.74, 6) is 2.18. The standard InChI is InChI=1S/C17H15N7O3/c1-24(10-5-7-11(25-2)8-6-10)17-21-13(20-16(18)22-17)14-19-15(27-23-14)12-4-3-9-26-12/h3-9H,1-2H3,(H2,18,20,21,22). The van der Waals surface area contributed by atoms with Gasteiger partial charge < -0.3 is 24.3 Å². The van der Waals surface area contributed by atoms with E-state index >= 15 is 0 Å². The molecule has 0 bridgehead atoms. The normalized spacial score (nSPS) is 10.7. The Morgan fingerprint density at radius 1 is 1.00 bits per heavy atom. The molecule has 4 rings (SSSR count). The minimum absolute atomic E-state index is 0.0414. The molecule has 27 heavy (non-hydrogen) atoms. The van der Waals surface area contributed by atoms with Crippen molar-refractivity contribution in [3.63, 3.8) is 0 Å². The van der Waals surface area contributed by atoms with Gasteiger partial charge in [-0.25, -0.2) is 0 Å². The number of rotatable bonds is 5. The van der Waals surface area contributed by atoms with Crippen LogP contribution in [0.15, 0.2) is 51.6 Å². The maximum Gasteiger partial charge on any atom is 0.294 e. The van der Waals surface area contributed by atoms with Gasteiger partial charge in [0.25, 0.3) is 5.89 Å². The number of benzene rings is 1. The molecule has 0 atom stereocenters. The molecule has 4 aromatic rings. The summed E-state index contributed by atoms with van der Waals surface area (Å²) in [6.07, 6.45) is 1.52. The lowest BCUT2D eigenvalue weighted by molar-refractivity contribution is 0.415. The maximum atomic E-state index is 5.85. The van der Waals surface area contributed by atoms with Crippen LogP contribution in [0.5, 0.6) is 5.75 Å². The number of methoxy groups -OCH3 is 1. The van der Waals surface area contributed by atoms with Crippen LogP contribution in [-0.4, -0.2) is 39.3 Å². The van der Waals surface area contributed by atoms with Crippen molar-refractivity contribution in [3.8, 4) is 29.0 Å². The van der Waals surface area contributed by atoms with E-state index < -0.39 is 0 Å². The third kappa shape index (κ3) is 3.27. The highest BCUT2D eigenvalue weighted by molar-refractivity contribution is 5.60. The number of aromatic nitrogens is 5. The highest BCUT2D eigenvalue weighted by atomic mass is 16.5. The number of nitrogens with two attached hydrogens (primary N) is 1. The monoisotopic (exact) mass is 365 g/mol. The first-order valence-electron chi connectivity index (χ1n) is 7.91. The molecular formula is C17H15N7O3. The first-order chi connectivity index (χ1) is 13.1. The molecule has 0 aliphatic heterocycles. The van der Waals surface area contributed by atoms with Crippen LogP contribution >= 0.6 is 0 Å². The van der Waals surface area contributed by atoms with Gasteiger partial charge in [-0.05, 0) is 36.4 Å². The van der Waals surface area contributed by atoms with Gasteiger partial charge in [0.05, 0.1) is 13.4 Å². The number of ether oxygens (including phenoxy) is 1. The lowest BCUT2D eigenvalue weighted by Gasteiger charge is -2.17. The molecule has 0 saturated carbocycles. The average Bonchev–Trinajstić information content (AvgIpc) is 3.38. The van der Waals surface area contributed by atoms with E-state index in [-0.39, 0.29) is 23.5 Å². The second kappa shape index (κ2) is 6.75. The molecular weight excluding hydrogens is 350 g/mol. The smallest absolute Gasteiger partial charge is 0.294 e. The van der Waals surface area contributed by atoms with E-state index in [1.807, 2.05) is 31.3 Å². The zero-order valence-electron chi connectivity index (χ0n) is 14.5. The van der Waals surface area contributed by atoms with Gasteiger partial charge in [0.2, 0.25) is 23.5 Å². The molecule has 0 aliphatic carbocycles. The summed E-state index contributed by atoms with van der Waals surface area (Å²) in [5.41, 5.74) is 6.69. The number of anilines is 3. The molecule has 0 unspecified atom stereocenters. The zero-order valence-corrected chi connectivity index (χ0v) is 14.5. The summed E-state index contributed by atoms with van der Waals surface area (Å²) in [4.78, 5) is 18.7. The van der Waals surface area contributed by atoms with Crippen LogP contribution in [-0.2, 0) is 0 Å². The molecule has 0 spiro atoms. The Kier molecular flexibility index (Phi) is 4.13. The van der Waals surface area contributed by atoms with E-state index in [1.165, 1.54) is 6.26 Å². The van der Waals surface area contributed by atoms with Gasteiger partial charge in [-0.3, -0.25) is 0 Å². The van der Waals surface area contributed by atoms with Gasteiger partial charge in [0.1, 0.15) is 5.75 Å². The Bertz CT molecular complexity index is 1040. The van der Waals surface area contributed by atoms with Gasteiger partial charge in [-0.1, -0.05) is 5.16 Å². The molecule has 0 fully saturated rings. The van der Waals surface area contributed by atoms with Crippen molar-refractivity contribution in [1.29, 1.82) is 0 Å². The number of nitrogens with zero attached hydrogens (tertiary/aromatic N) is 6. The fourth-order valence-electron chi connectivity index (χ4n) is 2.37. The Labute approximate surface area is 153 Å². The largest absolute Gasteiger partial charge is 0.497 e.